The van der Waals surface area contributed by atoms with Crippen molar-refractivity contribution < 1.29 is 9.90 Å². The van der Waals surface area contributed by atoms with Gasteiger partial charge in [-0.15, -0.1) is 0 Å². The summed E-state index contributed by atoms with van der Waals surface area (Å²) in [6, 6.07) is 5.27. The van der Waals surface area contributed by atoms with Gasteiger partial charge in [0, 0.05) is 0 Å². The zero-order valence-electron chi connectivity index (χ0n) is 8.59. The van der Waals surface area contributed by atoms with Crippen molar-refractivity contribution in [2.45, 2.75) is 27.7 Å². The maximum atomic E-state index is 10.5. The fraction of sp³-hybridized carbons (Fsp3) is 0.364. The van der Waals surface area contributed by atoms with Crippen molar-refractivity contribution in [1.82, 2.24) is 0 Å². The molecular formula is C11H16O2. The Kier molecular flexibility index (Phi) is 4.82. The van der Waals surface area contributed by atoms with Crippen LogP contribution in [0.5, 0.6) is 0 Å². The van der Waals surface area contributed by atoms with Gasteiger partial charge in [0.25, 0.3) is 0 Å². The van der Waals surface area contributed by atoms with Crippen molar-refractivity contribution in [2.75, 3.05) is 0 Å². The lowest BCUT2D eigenvalue weighted by Gasteiger charge is -1.98. The van der Waals surface area contributed by atoms with Crippen LogP contribution in [0.2, 0.25) is 0 Å². The Hall–Kier alpha value is -1.31. The van der Waals surface area contributed by atoms with Gasteiger partial charge in [0.2, 0.25) is 0 Å². The number of hydrogen-bond donors (Lipinski definition) is 1. The van der Waals surface area contributed by atoms with E-state index in [2.05, 4.69) is 0 Å². The molecule has 0 aliphatic rings. The van der Waals surface area contributed by atoms with Crippen LogP contribution in [-0.2, 0) is 0 Å². The molecule has 1 aromatic carbocycles. The first-order valence-corrected chi connectivity index (χ1v) is 4.41. The van der Waals surface area contributed by atoms with E-state index in [9.17, 15) is 4.79 Å². The first kappa shape index (κ1) is 11.7. The molecule has 2 nitrogen and oxygen atoms in total. The number of hydrogen-bond acceptors (Lipinski definition) is 1. The number of aryl methyl sites for hydroxylation is 2. The molecule has 0 spiro atoms. The fourth-order valence-corrected chi connectivity index (χ4v) is 1.10. The van der Waals surface area contributed by atoms with Gasteiger partial charge in [-0.05, 0) is 26.0 Å². The topological polar surface area (TPSA) is 37.3 Å². The number of rotatable bonds is 1. The van der Waals surface area contributed by atoms with E-state index >= 15 is 0 Å². The highest BCUT2D eigenvalue weighted by Gasteiger charge is 2.02. The summed E-state index contributed by atoms with van der Waals surface area (Å²) in [5.74, 6) is -0.864. The van der Waals surface area contributed by atoms with Gasteiger partial charge in [-0.25, -0.2) is 4.79 Å². The first-order valence-electron chi connectivity index (χ1n) is 4.41. The lowest BCUT2D eigenvalue weighted by atomic mass is 10.1. The van der Waals surface area contributed by atoms with Crippen molar-refractivity contribution in [1.29, 1.82) is 0 Å². The van der Waals surface area contributed by atoms with Gasteiger partial charge in [-0.2, -0.15) is 0 Å². The molecule has 13 heavy (non-hydrogen) atoms. The number of aromatic carboxylic acids is 1. The van der Waals surface area contributed by atoms with Crippen LogP contribution in [0.4, 0.5) is 0 Å². The Morgan fingerprint density at radius 3 is 1.77 bits per heavy atom. The van der Waals surface area contributed by atoms with Gasteiger partial charge >= 0.3 is 5.97 Å². The van der Waals surface area contributed by atoms with E-state index in [1.807, 2.05) is 33.8 Å². The van der Waals surface area contributed by atoms with Crippen molar-refractivity contribution in [3.05, 3.63) is 34.9 Å². The van der Waals surface area contributed by atoms with Crippen molar-refractivity contribution >= 4 is 5.97 Å². The molecule has 0 unspecified atom stereocenters. The van der Waals surface area contributed by atoms with Crippen LogP contribution in [0.15, 0.2) is 18.2 Å². The van der Waals surface area contributed by atoms with Crippen LogP contribution in [0.1, 0.15) is 35.3 Å². The molecule has 1 N–H and O–H groups in total. The van der Waals surface area contributed by atoms with Gasteiger partial charge in [0.15, 0.2) is 0 Å². The highest BCUT2D eigenvalue weighted by atomic mass is 16.4. The Morgan fingerprint density at radius 2 is 1.46 bits per heavy atom. The van der Waals surface area contributed by atoms with Gasteiger partial charge in [-0.1, -0.05) is 31.0 Å². The van der Waals surface area contributed by atoms with E-state index in [1.165, 1.54) is 0 Å². The first-order chi connectivity index (χ1) is 6.09. The maximum absolute atomic E-state index is 10.5. The van der Waals surface area contributed by atoms with E-state index in [1.54, 1.807) is 12.1 Å². The molecule has 72 valence electrons. The van der Waals surface area contributed by atoms with Crippen molar-refractivity contribution in [2.24, 2.45) is 0 Å². The smallest absolute Gasteiger partial charge is 0.335 e. The molecular weight excluding hydrogens is 164 g/mol. The third-order valence-corrected chi connectivity index (χ3v) is 1.47. The molecule has 1 rings (SSSR count). The molecule has 0 heterocycles. The summed E-state index contributed by atoms with van der Waals surface area (Å²) in [5, 5.41) is 8.63. The van der Waals surface area contributed by atoms with Crippen LogP contribution in [0, 0.1) is 13.8 Å². The van der Waals surface area contributed by atoms with Gasteiger partial charge in [0.05, 0.1) is 5.56 Å². The third-order valence-electron chi connectivity index (χ3n) is 1.47. The summed E-state index contributed by atoms with van der Waals surface area (Å²) in [5.41, 5.74) is 2.34. The Morgan fingerprint density at radius 1 is 1.08 bits per heavy atom. The molecule has 0 aliphatic carbocycles. The van der Waals surface area contributed by atoms with Gasteiger partial charge in [0.1, 0.15) is 0 Å². The second-order valence-electron chi connectivity index (χ2n) is 2.68. The zero-order valence-corrected chi connectivity index (χ0v) is 8.59. The minimum Gasteiger partial charge on any atom is -0.478 e. The quantitative estimate of drug-likeness (QED) is 0.721. The molecule has 0 aliphatic heterocycles. The zero-order chi connectivity index (χ0) is 10.4. The van der Waals surface area contributed by atoms with Crippen LogP contribution >= 0.6 is 0 Å². The third kappa shape index (κ3) is 3.74. The van der Waals surface area contributed by atoms with Crippen LogP contribution in [-0.4, -0.2) is 11.1 Å². The van der Waals surface area contributed by atoms with Crippen LogP contribution in [0.25, 0.3) is 0 Å². The Balaban J connectivity index is 0.000000671. The summed E-state index contributed by atoms with van der Waals surface area (Å²) in [4.78, 5) is 10.5. The molecule has 0 atom stereocenters. The maximum Gasteiger partial charge on any atom is 0.335 e. The number of benzene rings is 1. The highest BCUT2D eigenvalue weighted by molar-refractivity contribution is 5.88. The SMILES string of the molecule is CC.Cc1cc(C)cc(C(=O)O)c1. The average molecular weight is 180 g/mol. The van der Waals surface area contributed by atoms with Crippen LogP contribution in [0.3, 0.4) is 0 Å². The van der Waals surface area contributed by atoms with E-state index in [4.69, 9.17) is 5.11 Å². The summed E-state index contributed by atoms with van der Waals surface area (Å²) in [7, 11) is 0. The summed E-state index contributed by atoms with van der Waals surface area (Å²) >= 11 is 0. The molecule has 1 aromatic rings. The van der Waals surface area contributed by atoms with Crippen molar-refractivity contribution in [3.63, 3.8) is 0 Å². The minimum absolute atomic E-state index is 0.363. The summed E-state index contributed by atoms with van der Waals surface area (Å²) < 4.78 is 0. The normalized spacial score (nSPS) is 8.62. The molecule has 0 fully saturated rings. The highest BCUT2D eigenvalue weighted by Crippen LogP contribution is 2.08. The Labute approximate surface area is 79.2 Å². The predicted molar refractivity (Wildman–Crippen MR) is 54.2 cm³/mol. The van der Waals surface area contributed by atoms with Gasteiger partial charge < -0.3 is 5.11 Å². The van der Waals surface area contributed by atoms with Crippen molar-refractivity contribution in [3.8, 4) is 0 Å². The second-order valence-corrected chi connectivity index (χ2v) is 2.68. The molecule has 0 amide bonds. The van der Waals surface area contributed by atoms with E-state index in [0.29, 0.717) is 5.56 Å². The number of carboxylic acid groups (broad SMARTS) is 1. The minimum atomic E-state index is -0.864. The molecule has 0 saturated heterocycles. The lowest BCUT2D eigenvalue weighted by molar-refractivity contribution is 0.0696. The molecule has 2 heteroatoms. The van der Waals surface area contributed by atoms with Gasteiger partial charge in [-0.3, -0.25) is 0 Å². The largest absolute Gasteiger partial charge is 0.478 e. The fourth-order valence-electron chi connectivity index (χ4n) is 1.10. The molecule has 0 bridgehead atoms. The lowest BCUT2D eigenvalue weighted by Crippen LogP contribution is -1.96. The number of carbonyl (C=O) groups is 1. The van der Waals surface area contributed by atoms with Crippen LogP contribution < -0.4 is 0 Å². The second kappa shape index (κ2) is 5.36. The summed E-state index contributed by atoms with van der Waals surface area (Å²) in [6.45, 7) is 7.78. The Bertz CT molecular complexity index is 270. The molecule has 0 saturated carbocycles. The monoisotopic (exact) mass is 180 g/mol. The standard InChI is InChI=1S/C9H10O2.C2H6/c1-6-3-7(2)5-8(4-6)9(10)11;1-2/h3-5H,1-2H3,(H,10,11);1-2H3. The van der Waals surface area contributed by atoms with E-state index in [0.717, 1.165) is 11.1 Å². The number of carboxylic acids is 1. The summed E-state index contributed by atoms with van der Waals surface area (Å²) in [6.07, 6.45) is 0. The van der Waals surface area contributed by atoms with E-state index in [-0.39, 0.29) is 0 Å². The van der Waals surface area contributed by atoms with E-state index < -0.39 is 5.97 Å². The molecule has 0 radical (unpaired) electrons. The predicted octanol–water partition coefficient (Wildman–Crippen LogP) is 3.03. The average Bonchev–Trinajstić information content (AvgIpc) is 2.06. The molecule has 0 aromatic heterocycles.